The van der Waals surface area contributed by atoms with E-state index in [0.29, 0.717) is 43.3 Å². The Bertz CT molecular complexity index is 1940. The van der Waals surface area contributed by atoms with Crippen molar-refractivity contribution in [3.05, 3.63) is 178 Å². The van der Waals surface area contributed by atoms with Crippen LogP contribution in [0.25, 0.3) is 5.57 Å². The first-order chi connectivity index (χ1) is 25.9. The van der Waals surface area contributed by atoms with Crippen LogP contribution in [0.1, 0.15) is 46.7 Å². The summed E-state index contributed by atoms with van der Waals surface area (Å²) in [5, 5.41) is 25.5. The summed E-state index contributed by atoms with van der Waals surface area (Å²) in [7, 11) is 0. The highest BCUT2D eigenvalue weighted by molar-refractivity contribution is 6.31. The number of fused-ring (bicyclic) bond motifs is 2. The molecule has 2 bridgehead atoms. The molecule has 2 unspecified atom stereocenters. The number of aliphatic hydroxyl groups excluding tert-OH is 2. The minimum atomic E-state index is -1.31. The van der Waals surface area contributed by atoms with Crippen molar-refractivity contribution in [2.45, 2.75) is 70.1 Å². The van der Waals surface area contributed by atoms with Gasteiger partial charge >= 0.3 is 0 Å². The molecule has 0 amide bonds. The molecule has 0 radical (unpaired) electrons. The number of hydrogen-bond acceptors (Lipinski definition) is 6. The molecule has 2 fully saturated rings. The molecular weight excluding hydrogens is 684 g/mol. The number of halogens is 1. The van der Waals surface area contributed by atoms with E-state index in [2.05, 4.69) is 6.58 Å². The van der Waals surface area contributed by atoms with E-state index in [-0.39, 0.29) is 6.61 Å². The third-order valence-corrected chi connectivity index (χ3v) is 11.2. The molecule has 0 aromatic heterocycles. The van der Waals surface area contributed by atoms with Gasteiger partial charge in [0.2, 0.25) is 0 Å². The van der Waals surface area contributed by atoms with Crippen LogP contribution < -0.4 is 4.74 Å². The SMILES string of the molecule is C=C(c1ccc(Cl)c(Cc2ccc(OCC)cc2)c1)[C@]12C(O)C[C@@H](C1O)[C@H](OCc1ccccc1)[C@H](OCc1ccccc1)[C@@H]2OCc1ccccc1. The van der Waals surface area contributed by atoms with E-state index in [1.54, 1.807) is 0 Å². The Kier molecular flexibility index (Phi) is 11.8. The fourth-order valence-electron chi connectivity index (χ4n) is 8.21. The minimum absolute atomic E-state index is 0.241. The summed E-state index contributed by atoms with van der Waals surface area (Å²) in [5.41, 5.74) is 4.99. The Balaban J connectivity index is 1.27. The van der Waals surface area contributed by atoms with Gasteiger partial charge in [0, 0.05) is 10.9 Å². The third-order valence-electron chi connectivity index (χ3n) is 10.8. The zero-order valence-electron chi connectivity index (χ0n) is 30.0. The Morgan fingerprint density at radius 1 is 0.698 bits per heavy atom. The zero-order valence-corrected chi connectivity index (χ0v) is 30.8. The van der Waals surface area contributed by atoms with Crippen LogP contribution >= 0.6 is 11.6 Å². The molecule has 53 heavy (non-hydrogen) atoms. The lowest BCUT2D eigenvalue weighted by Crippen LogP contribution is -2.64. The summed E-state index contributed by atoms with van der Waals surface area (Å²) in [6.07, 6.45) is -3.20. The van der Waals surface area contributed by atoms with Gasteiger partial charge in [-0.3, -0.25) is 0 Å². The number of hydrogen-bond donors (Lipinski definition) is 2. The monoisotopic (exact) mass is 730 g/mol. The summed E-state index contributed by atoms with van der Waals surface area (Å²) in [6.45, 7) is 8.08. The van der Waals surface area contributed by atoms with E-state index < -0.39 is 41.9 Å². The van der Waals surface area contributed by atoms with Gasteiger partial charge in [-0.15, -0.1) is 0 Å². The van der Waals surface area contributed by atoms with Crippen molar-refractivity contribution in [2.75, 3.05) is 6.61 Å². The van der Waals surface area contributed by atoms with Gasteiger partial charge in [-0.05, 0) is 83.0 Å². The maximum atomic E-state index is 12.6. The largest absolute Gasteiger partial charge is 0.494 e. The van der Waals surface area contributed by atoms with Crippen molar-refractivity contribution in [1.29, 1.82) is 0 Å². The average Bonchev–Trinajstić information content (AvgIpc) is 3.39. The first-order valence-corrected chi connectivity index (χ1v) is 18.8. The van der Waals surface area contributed by atoms with Gasteiger partial charge in [-0.25, -0.2) is 0 Å². The summed E-state index contributed by atoms with van der Waals surface area (Å²) in [4.78, 5) is 0. The predicted molar refractivity (Wildman–Crippen MR) is 209 cm³/mol. The first kappa shape index (κ1) is 37.1. The highest BCUT2D eigenvalue weighted by Gasteiger charge is 2.69. The zero-order chi connectivity index (χ0) is 36.8. The van der Waals surface area contributed by atoms with E-state index >= 15 is 0 Å². The van der Waals surface area contributed by atoms with Crippen LogP contribution in [-0.2, 0) is 40.5 Å². The molecule has 274 valence electrons. The van der Waals surface area contributed by atoms with Crippen molar-refractivity contribution in [1.82, 2.24) is 0 Å². The lowest BCUT2D eigenvalue weighted by molar-refractivity contribution is -0.239. The second-order valence-electron chi connectivity index (χ2n) is 14.1. The lowest BCUT2D eigenvalue weighted by Gasteiger charge is -2.52. The molecule has 0 saturated heterocycles. The van der Waals surface area contributed by atoms with Gasteiger partial charge in [0.25, 0.3) is 0 Å². The standard InChI is InChI=1S/C46H47ClO6/c1-3-50-38-22-19-32(20-23-38)25-37-26-36(21-24-40(37)47)31(2)46-41(48)27-39(44(46)49)42(51-28-33-13-7-4-8-14-33)43(52-29-34-15-9-5-10-16-34)45(46)53-30-35-17-11-6-12-18-35/h4-24,26,39,41-45,48-49H,2-3,25,27-30H2,1H3/t39-,41?,42+,43+,44?,45+,46+/m1/s1. The van der Waals surface area contributed by atoms with Gasteiger partial charge in [-0.2, -0.15) is 0 Å². The van der Waals surface area contributed by atoms with Gasteiger partial charge in [0.15, 0.2) is 0 Å². The Morgan fingerprint density at radius 3 is 1.81 bits per heavy atom. The molecule has 7 atom stereocenters. The van der Waals surface area contributed by atoms with Crippen LogP contribution in [-0.4, -0.2) is 47.3 Å². The van der Waals surface area contributed by atoms with Gasteiger partial charge in [-0.1, -0.05) is 127 Å². The molecule has 2 saturated carbocycles. The van der Waals surface area contributed by atoms with Crippen molar-refractivity contribution in [3.63, 3.8) is 0 Å². The number of rotatable bonds is 15. The normalized spacial score (nSPS) is 24.9. The summed E-state index contributed by atoms with van der Waals surface area (Å²) >= 11 is 6.81. The van der Waals surface area contributed by atoms with E-state index in [9.17, 15) is 10.2 Å². The van der Waals surface area contributed by atoms with Crippen molar-refractivity contribution in [2.24, 2.45) is 11.3 Å². The highest BCUT2D eigenvalue weighted by Crippen LogP contribution is 2.60. The molecule has 5 aromatic carbocycles. The Morgan fingerprint density at radius 2 is 1.25 bits per heavy atom. The average molecular weight is 731 g/mol. The first-order valence-electron chi connectivity index (χ1n) is 18.4. The Labute approximate surface area is 317 Å². The van der Waals surface area contributed by atoms with Gasteiger partial charge < -0.3 is 29.2 Å². The summed E-state index contributed by atoms with van der Waals surface area (Å²) in [6, 6.07) is 43.7. The lowest BCUT2D eigenvalue weighted by atomic mass is 9.62. The van der Waals surface area contributed by atoms with E-state index in [0.717, 1.165) is 39.1 Å². The predicted octanol–water partition coefficient (Wildman–Crippen LogP) is 8.84. The molecule has 6 nitrogen and oxygen atoms in total. The molecule has 2 aliphatic rings. The molecule has 2 aliphatic carbocycles. The Hall–Kier alpha value is -4.27. The van der Waals surface area contributed by atoms with Crippen LogP contribution in [0.3, 0.4) is 0 Å². The summed E-state index contributed by atoms with van der Waals surface area (Å²) in [5.74, 6) is 0.370. The maximum Gasteiger partial charge on any atom is 0.119 e. The molecule has 0 aliphatic heterocycles. The summed E-state index contributed by atoms with van der Waals surface area (Å²) < 4.78 is 26.2. The van der Waals surface area contributed by atoms with Crippen LogP contribution in [0, 0.1) is 11.3 Å². The van der Waals surface area contributed by atoms with Crippen molar-refractivity contribution >= 4 is 17.2 Å². The topological polar surface area (TPSA) is 77.4 Å². The number of benzene rings is 5. The minimum Gasteiger partial charge on any atom is -0.494 e. The molecule has 5 aromatic rings. The molecule has 0 spiro atoms. The van der Waals surface area contributed by atoms with Crippen molar-refractivity contribution in [3.8, 4) is 5.75 Å². The molecule has 0 heterocycles. The van der Waals surface area contributed by atoms with E-state index in [1.807, 2.05) is 140 Å². The number of ether oxygens (including phenoxy) is 4. The number of aliphatic hydroxyl groups is 2. The smallest absolute Gasteiger partial charge is 0.119 e. The second kappa shape index (κ2) is 16.8. The third kappa shape index (κ3) is 7.85. The highest BCUT2D eigenvalue weighted by atomic mass is 35.5. The van der Waals surface area contributed by atoms with Crippen LogP contribution in [0.4, 0.5) is 0 Å². The second-order valence-corrected chi connectivity index (χ2v) is 14.5. The van der Waals surface area contributed by atoms with Gasteiger partial charge in [0.1, 0.15) is 18.0 Å². The van der Waals surface area contributed by atoms with Crippen LogP contribution in [0.2, 0.25) is 5.02 Å². The van der Waals surface area contributed by atoms with Gasteiger partial charge in [0.05, 0.1) is 50.2 Å². The van der Waals surface area contributed by atoms with Crippen molar-refractivity contribution < 1.29 is 29.2 Å². The van der Waals surface area contributed by atoms with E-state index in [4.69, 9.17) is 30.5 Å². The molecule has 7 rings (SSSR count). The molecular formula is C46H47ClO6. The van der Waals surface area contributed by atoms with Crippen LogP contribution in [0.15, 0.2) is 140 Å². The fourth-order valence-corrected chi connectivity index (χ4v) is 8.39. The fraction of sp³-hybridized carbons (Fsp3) is 0.304. The maximum absolute atomic E-state index is 12.6. The molecule has 2 N–H and O–H groups in total. The molecule has 7 heteroatoms. The van der Waals surface area contributed by atoms with E-state index in [1.165, 1.54) is 0 Å². The quantitative estimate of drug-likeness (QED) is 0.112. The van der Waals surface area contributed by atoms with Crippen LogP contribution in [0.5, 0.6) is 5.75 Å².